The van der Waals surface area contributed by atoms with Crippen molar-refractivity contribution in [2.45, 2.75) is 18.4 Å². The number of fused-ring (bicyclic) bond motifs is 1. The molecular weight excluding hydrogens is 412 g/mol. The van der Waals surface area contributed by atoms with Crippen LogP contribution in [0.15, 0.2) is 57.6 Å². The number of rotatable bonds is 4. The SMILES string of the molecule is CCn1c(O)c(N=NC(=S)Nc2ccccc2S(N)(=O)=O)c2cc(C#N)ccc21. The second kappa shape index (κ2) is 7.96. The Bertz CT molecular complexity index is 1290. The summed E-state index contributed by atoms with van der Waals surface area (Å²) in [6, 6.07) is 13.0. The van der Waals surface area contributed by atoms with Gasteiger partial charge in [-0.3, -0.25) is 0 Å². The van der Waals surface area contributed by atoms with Crippen LogP contribution >= 0.6 is 12.2 Å². The molecule has 0 aliphatic carbocycles. The van der Waals surface area contributed by atoms with Crippen molar-refractivity contribution in [2.24, 2.45) is 15.4 Å². The molecule has 0 aliphatic rings. The van der Waals surface area contributed by atoms with E-state index >= 15 is 0 Å². The first-order valence-corrected chi connectivity index (χ1v) is 10.3. The van der Waals surface area contributed by atoms with Gasteiger partial charge in [-0.15, -0.1) is 10.2 Å². The van der Waals surface area contributed by atoms with Crippen LogP contribution in [0, 0.1) is 11.3 Å². The number of benzene rings is 2. The standard InChI is InChI=1S/C18H16N6O3S2/c1-2-24-14-8-7-11(10-19)9-12(14)16(17(24)25)22-23-18(28)21-13-5-3-4-6-15(13)29(20,26)27/h3-9,25H,2H2,1H3,(H,21,28)(H2,20,26,27). The van der Waals surface area contributed by atoms with Gasteiger partial charge in [0.15, 0.2) is 5.69 Å². The molecule has 0 spiro atoms. The fraction of sp³-hybridized carbons (Fsp3) is 0.111. The van der Waals surface area contributed by atoms with Crippen LogP contribution in [-0.2, 0) is 16.6 Å². The summed E-state index contributed by atoms with van der Waals surface area (Å²) in [4.78, 5) is -0.137. The lowest BCUT2D eigenvalue weighted by Crippen LogP contribution is -2.16. The Hall–Kier alpha value is -3.33. The molecule has 0 saturated heterocycles. The van der Waals surface area contributed by atoms with E-state index < -0.39 is 10.0 Å². The summed E-state index contributed by atoms with van der Waals surface area (Å²) in [7, 11) is -3.96. The Balaban J connectivity index is 1.97. The van der Waals surface area contributed by atoms with E-state index in [0.717, 1.165) is 0 Å². The fourth-order valence-corrected chi connectivity index (χ4v) is 3.71. The number of nitrogens with zero attached hydrogens (tertiary/aromatic N) is 4. The molecule has 3 aromatic rings. The van der Waals surface area contributed by atoms with E-state index in [1.54, 1.807) is 28.8 Å². The second-order valence-corrected chi connectivity index (χ2v) is 7.85. The van der Waals surface area contributed by atoms with Gasteiger partial charge >= 0.3 is 0 Å². The Morgan fingerprint density at radius 3 is 2.72 bits per heavy atom. The van der Waals surface area contributed by atoms with Crippen LogP contribution in [-0.4, -0.2) is 23.2 Å². The second-order valence-electron chi connectivity index (χ2n) is 5.93. The Morgan fingerprint density at radius 2 is 2.07 bits per heavy atom. The fourth-order valence-electron chi connectivity index (χ4n) is 2.87. The van der Waals surface area contributed by atoms with E-state index in [9.17, 15) is 13.5 Å². The van der Waals surface area contributed by atoms with Crippen molar-refractivity contribution in [3.8, 4) is 11.9 Å². The van der Waals surface area contributed by atoms with E-state index in [4.69, 9.17) is 22.6 Å². The van der Waals surface area contributed by atoms with Crippen molar-refractivity contribution in [1.82, 2.24) is 4.57 Å². The van der Waals surface area contributed by atoms with Gasteiger partial charge in [-0.25, -0.2) is 13.6 Å². The van der Waals surface area contributed by atoms with Crippen molar-refractivity contribution < 1.29 is 13.5 Å². The number of sulfonamides is 1. The molecular formula is C18H16N6O3S2. The number of nitrogens with two attached hydrogens (primary N) is 1. The minimum atomic E-state index is -3.96. The van der Waals surface area contributed by atoms with Crippen LogP contribution in [0.1, 0.15) is 12.5 Å². The van der Waals surface area contributed by atoms with Gasteiger partial charge in [0, 0.05) is 11.9 Å². The maximum atomic E-state index is 11.7. The number of nitriles is 1. The highest BCUT2D eigenvalue weighted by molar-refractivity contribution is 7.89. The van der Waals surface area contributed by atoms with Gasteiger partial charge in [0.1, 0.15) is 4.90 Å². The molecule has 3 rings (SSSR count). The van der Waals surface area contributed by atoms with Crippen molar-refractivity contribution in [3.05, 3.63) is 48.0 Å². The van der Waals surface area contributed by atoms with E-state index in [1.165, 1.54) is 18.2 Å². The molecule has 1 heterocycles. The maximum absolute atomic E-state index is 11.7. The lowest BCUT2D eigenvalue weighted by atomic mass is 10.1. The lowest BCUT2D eigenvalue weighted by molar-refractivity contribution is 0.427. The number of para-hydroxylation sites is 1. The monoisotopic (exact) mass is 428 g/mol. The third-order valence-corrected chi connectivity index (χ3v) is 5.28. The van der Waals surface area contributed by atoms with Crippen LogP contribution in [0.25, 0.3) is 10.9 Å². The van der Waals surface area contributed by atoms with Crippen molar-refractivity contribution in [3.63, 3.8) is 0 Å². The largest absolute Gasteiger partial charge is 0.493 e. The zero-order valence-corrected chi connectivity index (χ0v) is 16.8. The highest BCUT2D eigenvalue weighted by Crippen LogP contribution is 2.39. The number of aryl methyl sites for hydroxylation is 1. The quantitative estimate of drug-likeness (QED) is 0.429. The summed E-state index contributed by atoms with van der Waals surface area (Å²) in [6.07, 6.45) is 0. The number of azo groups is 1. The summed E-state index contributed by atoms with van der Waals surface area (Å²) in [5, 5.41) is 35.8. The molecule has 2 aromatic carbocycles. The average Bonchev–Trinajstić information content (AvgIpc) is 2.95. The number of anilines is 1. The molecule has 0 fully saturated rings. The molecule has 1 aromatic heterocycles. The molecule has 0 bridgehead atoms. The van der Waals surface area contributed by atoms with Crippen LogP contribution in [0.4, 0.5) is 11.4 Å². The molecule has 4 N–H and O–H groups in total. The Labute approximate surface area is 172 Å². The van der Waals surface area contributed by atoms with E-state index in [1.807, 2.05) is 13.0 Å². The number of hydrogen-bond donors (Lipinski definition) is 3. The highest BCUT2D eigenvalue weighted by Gasteiger charge is 2.17. The molecule has 11 heteroatoms. The van der Waals surface area contributed by atoms with Gasteiger partial charge in [0.25, 0.3) is 0 Å². The molecule has 29 heavy (non-hydrogen) atoms. The zero-order chi connectivity index (χ0) is 21.2. The normalized spacial score (nSPS) is 11.6. The topological polar surface area (TPSA) is 146 Å². The highest BCUT2D eigenvalue weighted by atomic mass is 32.2. The molecule has 0 saturated carbocycles. The summed E-state index contributed by atoms with van der Waals surface area (Å²) >= 11 is 5.12. The van der Waals surface area contributed by atoms with Gasteiger partial charge in [-0.05, 0) is 49.5 Å². The molecule has 0 radical (unpaired) electrons. The number of primary sulfonamides is 1. The van der Waals surface area contributed by atoms with Crippen LogP contribution in [0.2, 0.25) is 0 Å². The smallest absolute Gasteiger partial charge is 0.240 e. The van der Waals surface area contributed by atoms with E-state index in [2.05, 4.69) is 15.5 Å². The molecule has 0 amide bonds. The molecule has 0 atom stereocenters. The van der Waals surface area contributed by atoms with E-state index in [0.29, 0.717) is 23.0 Å². The van der Waals surface area contributed by atoms with Crippen LogP contribution in [0.5, 0.6) is 5.88 Å². The van der Waals surface area contributed by atoms with Gasteiger partial charge < -0.3 is 15.0 Å². The summed E-state index contributed by atoms with van der Waals surface area (Å²) in [5.41, 5.74) is 1.41. The van der Waals surface area contributed by atoms with Gasteiger partial charge in [-0.1, -0.05) is 12.1 Å². The number of aromatic hydroxyl groups is 1. The molecule has 148 valence electrons. The third kappa shape index (κ3) is 4.09. The van der Waals surface area contributed by atoms with Crippen molar-refractivity contribution in [1.29, 1.82) is 5.26 Å². The minimum Gasteiger partial charge on any atom is -0.493 e. The van der Waals surface area contributed by atoms with Crippen molar-refractivity contribution in [2.75, 3.05) is 5.32 Å². The van der Waals surface area contributed by atoms with Crippen LogP contribution < -0.4 is 10.5 Å². The summed E-state index contributed by atoms with van der Waals surface area (Å²) < 4.78 is 25.0. The lowest BCUT2D eigenvalue weighted by Gasteiger charge is -2.08. The zero-order valence-electron chi connectivity index (χ0n) is 15.2. The number of thiocarbonyl (C=S) groups is 1. The molecule has 9 nitrogen and oxygen atoms in total. The van der Waals surface area contributed by atoms with E-state index in [-0.39, 0.29) is 27.3 Å². The van der Waals surface area contributed by atoms with Gasteiger partial charge in [-0.2, -0.15) is 5.26 Å². The minimum absolute atomic E-state index is 0.117. The predicted octanol–water partition coefficient (Wildman–Crippen LogP) is 3.37. The summed E-state index contributed by atoms with van der Waals surface area (Å²) in [5.74, 6) is -0.117. The number of aromatic nitrogens is 1. The third-order valence-electron chi connectivity index (χ3n) is 4.13. The van der Waals surface area contributed by atoms with Crippen LogP contribution in [0.3, 0.4) is 0 Å². The van der Waals surface area contributed by atoms with Gasteiger partial charge in [0.2, 0.25) is 21.0 Å². The molecule has 0 unspecified atom stereocenters. The Kier molecular flexibility index (Phi) is 5.60. The average molecular weight is 428 g/mol. The maximum Gasteiger partial charge on any atom is 0.240 e. The van der Waals surface area contributed by atoms with Gasteiger partial charge in [0.05, 0.1) is 22.8 Å². The summed E-state index contributed by atoms with van der Waals surface area (Å²) in [6.45, 7) is 2.34. The number of nitrogens with one attached hydrogen (secondary N) is 1. The Morgan fingerprint density at radius 1 is 1.34 bits per heavy atom. The van der Waals surface area contributed by atoms with Crippen molar-refractivity contribution >= 4 is 49.6 Å². The number of hydrogen-bond acceptors (Lipinski definition) is 6. The first-order chi connectivity index (χ1) is 13.8. The molecule has 0 aliphatic heterocycles. The predicted molar refractivity (Wildman–Crippen MR) is 113 cm³/mol. The first kappa shape index (κ1) is 20.4. The first-order valence-electron chi connectivity index (χ1n) is 8.36.